The van der Waals surface area contributed by atoms with Crippen LogP contribution in [0.15, 0.2) is 53.4 Å². The molecule has 0 saturated carbocycles. The molecule has 2 N–H and O–H groups in total. The highest BCUT2D eigenvalue weighted by molar-refractivity contribution is 7.90. The molecule has 0 aliphatic rings. The zero-order valence-corrected chi connectivity index (χ0v) is 15.3. The number of non-ortho nitro benzene ring substituents is 1. The number of sulfone groups is 1. The number of nitrogens with one attached hydrogen (secondary N) is 2. The van der Waals surface area contributed by atoms with Gasteiger partial charge in [0.1, 0.15) is 6.04 Å². The van der Waals surface area contributed by atoms with Crippen LogP contribution in [0.2, 0.25) is 0 Å². The number of carbonyl (C=O) groups excluding carboxylic acids is 2. The molecular formula is C17H17N3O6S. The summed E-state index contributed by atoms with van der Waals surface area (Å²) in [6, 6.07) is 9.87. The third kappa shape index (κ3) is 5.35. The number of nitro groups is 1. The number of nitro benzene ring substituents is 1. The number of carbonyl (C=O) groups is 2. The SMILES string of the molecule is C[C@H](NC(=O)c1cccc([N+](=O)[O-])c1)C(=O)Nc1cccc(S(C)(=O)=O)c1. The number of hydrogen-bond donors (Lipinski definition) is 2. The van der Waals surface area contributed by atoms with Crippen molar-refractivity contribution in [2.24, 2.45) is 0 Å². The average Bonchev–Trinajstić information content (AvgIpc) is 2.61. The number of hydrogen-bond acceptors (Lipinski definition) is 6. The summed E-state index contributed by atoms with van der Waals surface area (Å²) in [7, 11) is -3.42. The van der Waals surface area contributed by atoms with E-state index in [2.05, 4.69) is 10.6 Å². The minimum atomic E-state index is -3.42. The molecule has 10 heteroatoms. The summed E-state index contributed by atoms with van der Waals surface area (Å²) in [6.45, 7) is 1.44. The first-order valence-electron chi connectivity index (χ1n) is 7.74. The van der Waals surface area contributed by atoms with E-state index < -0.39 is 32.6 Å². The van der Waals surface area contributed by atoms with E-state index in [4.69, 9.17) is 0 Å². The first-order chi connectivity index (χ1) is 12.6. The molecule has 27 heavy (non-hydrogen) atoms. The van der Waals surface area contributed by atoms with Crippen LogP contribution in [0.4, 0.5) is 11.4 Å². The van der Waals surface area contributed by atoms with Gasteiger partial charge in [0.2, 0.25) is 5.91 Å². The molecule has 0 aliphatic carbocycles. The Morgan fingerprint density at radius 2 is 1.78 bits per heavy atom. The number of anilines is 1. The van der Waals surface area contributed by atoms with Gasteiger partial charge in [-0.25, -0.2) is 8.42 Å². The summed E-state index contributed by atoms with van der Waals surface area (Å²) in [5.74, 6) is -1.22. The second-order valence-electron chi connectivity index (χ2n) is 5.79. The van der Waals surface area contributed by atoms with Crippen molar-refractivity contribution in [3.8, 4) is 0 Å². The molecule has 0 radical (unpaired) electrons. The fourth-order valence-corrected chi connectivity index (χ4v) is 2.83. The lowest BCUT2D eigenvalue weighted by Crippen LogP contribution is -2.41. The Kier molecular flexibility index (Phi) is 5.91. The number of amides is 2. The first kappa shape index (κ1) is 20.0. The van der Waals surface area contributed by atoms with E-state index in [-0.39, 0.29) is 21.8 Å². The predicted molar refractivity (Wildman–Crippen MR) is 98.2 cm³/mol. The number of benzene rings is 2. The molecular weight excluding hydrogens is 374 g/mol. The Morgan fingerprint density at radius 1 is 1.11 bits per heavy atom. The molecule has 0 heterocycles. The molecule has 1 atom stereocenters. The molecule has 0 aromatic heterocycles. The molecule has 2 aromatic rings. The van der Waals surface area contributed by atoms with Gasteiger partial charge in [0.25, 0.3) is 11.6 Å². The topological polar surface area (TPSA) is 135 Å². The summed E-state index contributed by atoms with van der Waals surface area (Å²) < 4.78 is 23.1. The van der Waals surface area contributed by atoms with Crippen LogP contribution in [0.3, 0.4) is 0 Å². The summed E-state index contributed by atoms with van der Waals surface area (Å²) in [5.41, 5.74) is 0.0691. The van der Waals surface area contributed by atoms with Crippen LogP contribution in [0.25, 0.3) is 0 Å². The Balaban J connectivity index is 2.06. The van der Waals surface area contributed by atoms with Gasteiger partial charge in [-0.2, -0.15) is 0 Å². The van der Waals surface area contributed by atoms with E-state index in [0.29, 0.717) is 0 Å². The van der Waals surface area contributed by atoms with Crippen molar-refractivity contribution in [3.63, 3.8) is 0 Å². The van der Waals surface area contributed by atoms with Crippen LogP contribution in [0.5, 0.6) is 0 Å². The lowest BCUT2D eigenvalue weighted by atomic mass is 10.1. The van der Waals surface area contributed by atoms with Gasteiger partial charge >= 0.3 is 0 Å². The Morgan fingerprint density at radius 3 is 2.41 bits per heavy atom. The maximum atomic E-state index is 12.2. The van der Waals surface area contributed by atoms with E-state index in [1.807, 2.05) is 0 Å². The Labute approximate surface area is 155 Å². The van der Waals surface area contributed by atoms with Crippen molar-refractivity contribution >= 4 is 33.0 Å². The van der Waals surface area contributed by atoms with Crippen LogP contribution >= 0.6 is 0 Å². The molecule has 2 aromatic carbocycles. The van der Waals surface area contributed by atoms with Gasteiger partial charge in [-0.15, -0.1) is 0 Å². The molecule has 0 fully saturated rings. The van der Waals surface area contributed by atoms with Crippen molar-refractivity contribution in [2.75, 3.05) is 11.6 Å². The Bertz CT molecular complexity index is 1000. The molecule has 9 nitrogen and oxygen atoms in total. The highest BCUT2D eigenvalue weighted by Gasteiger charge is 2.19. The molecule has 0 bridgehead atoms. The summed E-state index contributed by atoms with van der Waals surface area (Å²) in [5, 5.41) is 15.7. The highest BCUT2D eigenvalue weighted by Crippen LogP contribution is 2.16. The quantitative estimate of drug-likeness (QED) is 0.569. The normalized spacial score (nSPS) is 12.1. The van der Waals surface area contributed by atoms with Crippen LogP contribution in [-0.2, 0) is 14.6 Å². The number of rotatable bonds is 6. The molecule has 0 saturated heterocycles. The van der Waals surface area contributed by atoms with Crippen molar-refractivity contribution < 1.29 is 22.9 Å². The van der Waals surface area contributed by atoms with Crippen LogP contribution in [-0.4, -0.2) is 37.5 Å². The second-order valence-corrected chi connectivity index (χ2v) is 7.81. The monoisotopic (exact) mass is 391 g/mol. The van der Waals surface area contributed by atoms with Crippen molar-refractivity contribution in [1.82, 2.24) is 5.32 Å². The smallest absolute Gasteiger partial charge is 0.270 e. The molecule has 2 amide bonds. The van der Waals surface area contributed by atoms with E-state index in [1.54, 1.807) is 0 Å². The van der Waals surface area contributed by atoms with Gasteiger partial charge in [0.05, 0.1) is 9.82 Å². The van der Waals surface area contributed by atoms with E-state index >= 15 is 0 Å². The number of nitrogens with zero attached hydrogens (tertiary/aromatic N) is 1. The van der Waals surface area contributed by atoms with Crippen LogP contribution < -0.4 is 10.6 Å². The van der Waals surface area contributed by atoms with Gasteiger partial charge in [0.15, 0.2) is 9.84 Å². The summed E-state index contributed by atoms with van der Waals surface area (Å²) >= 11 is 0. The molecule has 0 spiro atoms. The molecule has 0 aliphatic heterocycles. The van der Waals surface area contributed by atoms with Gasteiger partial charge in [-0.05, 0) is 31.2 Å². The fraction of sp³-hybridized carbons (Fsp3) is 0.176. The minimum absolute atomic E-state index is 0.0444. The van der Waals surface area contributed by atoms with Crippen LogP contribution in [0.1, 0.15) is 17.3 Å². The standard InChI is InChI=1S/C17H17N3O6S/c1-11(18-17(22)12-5-3-7-14(9-12)20(23)24)16(21)19-13-6-4-8-15(10-13)27(2,25)26/h3-11H,1-2H3,(H,18,22)(H,19,21)/t11-/m0/s1. The van der Waals surface area contributed by atoms with Crippen molar-refractivity contribution in [1.29, 1.82) is 0 Å². The molecule has 2 rings (SSSR count). The second kappa shape index (κ2) is 7.96. The van der Waals surface area contributed by atoms with E-state index in [0.717, 1.165) is 12.3 Å². The van der Waals surface area contributed by atoms with Gasteiger partial charge in [-0.1, -0.05) is 12.1 Å². The first-order valence-corrected chi connectivity index (χ1v) is 9.63. The van der Waals surface area contributed by atoms with E-state index in [1.165, 1.54) is 49.4 Å². The highest BCUT2D eigenvalue weighted by atomic mass is 32.2. The van der Waals surface area contributed by atoms with Gasteiger partial charge in [0, 0.05) is 29.6 Å². The van der Waals surface area contributed by atoms with Crippen molar-refractivity contribution in [3.05, 3.63) is 64.2 Å². The lowest BCUT2D eigenvalue weighted by molar-refractivity contribution is -0.384. The third-order valence-corrected chi connectivity index (χ3v) is 4.70. The van der Waals surface area contributed by atoms with E-state index in [9.17, 15) is 28.1 Å². The zero-order chi connectivity index (χ0) is 20.2. The average molecular weight is 391 g/mol. The Hall–Kier alpha value is -3.27. The maximum absolute atomic E-state index is 12.2. The largest absolute Gasteiger partial charge is 0.341 e. The minimum Gasteiger partial charge on any atom is -0.341 e. The third-order valence-electron chi connectivity index (χ3n) is 3.59. The van der Waals surface area contributed by atoms with Crippen LogP contribution in [0, 0.1) is 10.1 Å². The summed E-state index contributed by atoms with van der Waals surface area (Å²) in [4.78, 5) is 34.6. The lowest BCUT2D eigenvalue weighted by Gasteiger charge is -2.14. The molecule has 0 unspecified atom stereocenters. The van der Waals surface area contributed by atoms with Gasteiger partial charge in [-0.3, -0.25) is 19.7 Å². The predicted octanol–water partition coefficient (Wildman–Crippen LogP) is 1.76. The fourth-order valence-electron chi connectivity index (χ4n) is 2.16. The maximum Gasteiger partial charge on any atom is 0.270 e. The zero-order valence-electron chi connectivity index (χ0n) is 14.5. The van der Waals surface area contributed by atoms with Gasteiger partial charge < -0.3 is 10.6 Å². The summed E-state index contributed by atoms with van der Waals surface area (Å²) in [6.07, 6.45) is 1.05. The molecule has 142 valence electrons. The van der Waals surface area contributed by atoms with Crippen molar-refractivity contribution in [2.45, 2.75) is 17.9 Å².